The first-order valence-corrected chi connectivity index (χ1v) is 6.45. The zero-order valence-corrected chi connectivity index (χ0v) is 11.3. The summed E-state index contributed by atoms with van der Waals surface area (Å²) in [6.07, 6.45) is 0. The van der Waals surface area contributed by atoms with Crippen molar-refractivity contribution in [2.24, 2.45) is 11.8 Å². The predicted molar refractivity (Wildman–Crippen MR) is 69.7 cm³/mol. The van der Waals surface area contributed by atoms with E-state index in [0.29, 0.717) is 0 Å². The maximum absolute atomic E-state index is 5.99. The van der Waals surface area contributed by atoms with Crippen LogP contribution in [-0.2, 0) is 0 Å². The van der Waals surface area contributed by atoms with Crippen LogP contribution in [0.1, 0.15) is 13.8 Å². The highest BCUT2D eigenvalue weighted by atomic mass is 79.9. The molecule has 0 atom stereocenters. The van der Waals surface area contributed by atoms with Crippen LogP contribution in [0.15, 0.2) is 22.7 Å². The van der Waals surface area contributed by atoms with E-state index in [4.69, 9.17) is 11.6 Å². The van der Waals surface area contributed by atoms with Crippen molar-refractivity contribution in [2.45, 2.75) is 13.8 Å². The lowest BCUT2D eigenvalue weighted by Crippen LogP contribution is -2.49. The normalized spacial score (nSPS) is 17.0. The number of benzene rings is 1. The molecule has 0 amide bonds. The van der Waals surface area contributed by atoms with Gasteiger partial charge >= 0.3 is 0 Å². The summed E-state index contributed by atoms with van der Waals surface area (Å²) in [6, 6.07) is 5.96. The standard InChI is InChI=1S/C12H15BrClN/c1-8(2)9-6-15(7-9)12-5-10(14)3-4-11(12)13/h3-5,8-9H,6-7H2,1-2H3. The zero-order valence-electron chi connectivity index (χ0n) is 9.00. The molecule has 0 saturated carbocycles. The van der Waals surface area contributed by atoms with Crippen molar-refractivity contribution in [3.63, 3.8) is 0 Å². The SMILES string of the molecule is CC(C)C1CN(c2cc(Cl)ccc2Br)C1. The molecule has 1 fully saturated rings. The van der Waals surface area contributed by atoms with Crippen LogP contribution in [-0.4, -0.2) is 13.1 Å². The molecule has 1 aromatic rings. The van der Waals surface area contributed by atoms with Gasteiger partial charge in [0, 0.05) is 22.6 Å². The van der Waals surface area contributed by atoms with E-state index < -0.39 is 0 Å². The van der Waals surface area contributed by atoms with Gasteiger partial charge in [-0.2, -0.15) is 0 Å². The number of halogens is 2. The van der Waals surface area contributed by atoms with Crippen LogP contribution in [0.5, 0.6) is 0 Å². The van der Waals surface area contributed by atoms with Gasteiger partial charge in [-0.25, -0.2) is 0 Å². The fraction of sp³-hybridized carbons (Fsp3) is 0.500. The summed E-state index contributed by atoms with van der Waals surface area (Å²) in [6.45, 7) is 6.87. The van der Waals surface area contributed by atoms with Gasteiger partial charge < -0.3 is 4.90 Å². The topological polar surface area (TPSA) is 3.24 Å². The van der Waals surface area contributed by atoms with Gasteiger partial charge in [0.1, 0.15) is 0 Å². The van der Waals surface area contributed by atoms with Crippen molar-refractivity contribution >= 4 is 33.2 Å². The summed E-state index contributed by atoms with van der Waals surface area (Å²) in [4.78, 5) is 2.38. The molecule has 0 unspecified atom stereocenters. The van der Waals surface area contributed by atoms with Gasteiger partial charge in [0.2, 0.25) is 0 Å². The maximum atomic E-state index is 5.99. The summed E-state index contributed by atoms with van der Waals surface area (Å²) in [5.41, 5.74) is 1.22. The molecule has 0 spiro atoms. The molecular weight excluding hydrogens is 273 g/mol. The predicted octanol–water partition coefficient (Wildman–Crippen LogP) is 4.19. The summed E-state index contributed by atoms with van der Waals surface area (Å²) < 4.78 is 1.13. The van der Waals surface area contributed by atoms with Gasteiger partial charge in [-0.05, 0) is 46.0 Å². The van der Waals surface area contributed by atoms with E-state index in [9.17, 15) is 0 Å². The number of nitrogens with zero attached hydrogens (tertiary/aromatic N) is 1. The Morgan fingerprint density at radius 2 is 2.07 bits per heavy atom. The zero-order chi connectivity index (χ0) is 11.0. The number of rotatable bonds is 2. The Balaban J connectivity index is 2.09. The van der Waals surface area contributed by atoms with Gasteiger partial charge in [0.05, 0.1) is 5.69 Å². The molecule has 2 rings (SSSR count). The summed E-state index contributed by atoms with van der Waals surface area (Å²) in [7, 11) is 0. The molecule has 0 N–H and O–H groups in total. The quantitative estimate of drug-likeness (QED) is 0.788. The Kier molecular flexibility index (Phi) is 3.27. The fourth-order valence-electron chi connectivity index (χ4n) is 1.86. The van der Waals surface area contributed by atoms with Gasteiger partial charge in [-0.1, -0.05) is 25.4 Å². The molecule has 1 aliphatic rings. The van der Waals surface area contributed by atoms with Gasteiger partial charge in [0.15, 0.2) is 0 Å². The van der Waals surface area contributed by atoms with Gasteiger partial charge in [-0.15, -0.1) is 0 Å². The maximum Gasteiger partial charge on any atom is 0.0525 e. The second-order valence-corrected chi connectivity index (χ2v) is 5.80. The van der Waals surface area contributed by atoms with E-state index in [0.717, 1.165) is 34.4 Å². The number of hydrogen-bond acceptors (Lipinski definition) is 1. The van der Waals surface area contributed by atoms with Crippen LogP contribution in [0, 0.1) is 11.8 Å². The molecule has 0 aliphatic carbocycles. The molecule has 1 nitrogen and oxygen atoms in total. The molecule has 82 valence electrons. The lowest BCUT2D eigenvalue weighted by atomic mass is 9.88. The monoisotopic (exact) mass is 287 g/mol. The fourth-order valence-corrected chi connectivity index (χ4v) is 2.52. The summed E-state index contributed by atoms with van der Waals surface area (Å²) in [5.74, 6) is 1.61. The van der Waals surface area contributed by atoms with Crippen molar-refractivity contribution in [3.8, 4) is 0 Å². The lowest BCUT2D eigenvalue weighted by Gasteiger charge is -2.43. The first-order valence-electron chi connectivity index (χ1n) is 5.28. The highest BCUT2D eigenvalue weighted by molar-refractivity contribution is 9.10. The second kappa shape index (κ2) is 4.34. The Labute approximate surface area is 105 Å². The van der Waals surface area contributed by atoms with E-state index in [2.05, 4.69) is 34.7 Å². The largest absolute Gasteiger partial charge is 0.370 e. The highest BCUT2D eigenvalue weighted by Gasteiger charge is 2.30. The lowest BCUT2D eigenvalue weighted by molar-refractivity contribution is 0.309. The Morgan fingerprint density at radius 1 is 1.40 bits per heavy atom. The molecule has 0 radical (unpaired) electrons. The van der Waals surface area contributed by atoms with Crippen LogP contribution >= 0.6 is 27.5 Å². The first kappa shape index (κ1) is 11.3. The second-order valence-electron chi connectivity index (χ2n) is 4.50. The van der Waals surface area contributed by atoms with Crippen LogP contribution in [0.2, 0.25) is 5.02 Å². The number of anilines is 1. The van der Waals surface area contributed by atoms with Crippen molar-refractivity contribution in [2.75, 3.05) is 18.0 Å². The Bertz CT molecular complexity index is 359. The molecule has 1 saturated heterocycles. The molecular formula is C12H15BrClN. The van der Waals surface area contributed by atoms with Crippen molar-refractivity contribution in [1.29, 1.82) is 0 Å². The minimum absolute atomic E-state index is 0.777. The van der Waals surface area contributed by atoms with Crippen LogP contribution in [0.4, 0.5) is 5.69 Å². The molecule has 15 heavy (non-hydrogen) atoms. The molecule has 0 bridgehead atoms. The van der Waals surface area contributed by atoms with Gasteiger partial charge in [0.25, 0.3) is 0 Å². The third-order valence-corrected chi connectivity index (χ3v) is 4.01. The molecule has 3 heteroatoms. The number of hydrogen-bond donors (Lipinski definition) is 0. The van der Waals surface area contributed by atoms with E-state index in [1.165, 1.54) is 5.69 Å². The van der Waals surface area contributed by atoms with Crippen molar-refractivity contribution < 1.29 is 0 Å². The van der Waals surface area contributed by atoms with E-state index in [-0.39, 0.29) is 0 Å². The Hall–Kier alpha value is -0.210. The van der Waals surface area contributed by atoms with Crippen molar-refractivity contribution in [1.82, 2.24) is 0 Å². The highest BCUT2D eigenvalue weighted by Crippen LogP contribution is 2.35. The third kappa shape index (κ3) is 2.31. The van der Waals surface area contributed by atoms with Crippen molar-refractivity contribution in [3.05, 3.63) is 27.7 Å². The average Bonchev–Trinajstić information content (AvgIpc) is 2.08. The van der Waals surface area contributed by atoms with Crippen LogP contribution in [0.3, 0.4) is 0 Å². The minimum Gasteiger partial charge on any atom is -0.370 e. The smallest absolute Gasteiger partial charge is 0.0525 e. The van der Waals surface area contributed by atoms with E-state index >= 15 is 0 Å². The molecule has 1 aliphatic heterocycles. The van der Waals surface area contributed by atoms with Crippen LogP contribution < -0.4 is 4.90 Å². The minimum atomic E-state index is 0.777. The summed E-state index contributed by atoms with van der Waals surface area (Å²) >= 11 is 9.56. The third-order valence-electron chi connectivity index (χ3n) is 3.10. The molecule has 1 aromatic carbocycles. The molecule has 1 heterocycles. The van der Waals surface area contributed by atoms with E-state index in [1.54, 1.807) is 0 Å². The van der Waals surface area contributed by atoms with E-state index in [1.807, 2.05) is 18.2 Å². The first-order chi connectivity index (χ1) is 7.08. The summed E-state index contributed by atoms with van der Waals surface area (Å²) in [5, 5.41) is 0.807. The van der Waals surface area contributed by atoms with Gasteiger partial charge in [-0.3, -0.25) is 0 Å². The average molecular weight is 289 g/mol. The Morgan fingerprint density at radius 3 is 2.67 bits per heavy atom. The molecule has 0 aromatic heterocycles. The van der Waals surface area contributed by atoms with Crippen LogP contribution in [0.25, 0.3) is 0 Å².